The number of benzene rings is 1. The third-order valence-corrected chi connectivity index (χ3v) is 5.34. The molecule has 1 amide bonds. The van der Waals surface area contributed by atoms with Crippen molar-refractivity contribution in [2.45, 2.75) is 44.2 Å². The van der Waals surface area contributed by atoms with Gasteiger partial charge >= 0.3 is 6.01 Å². The van der Waals surface area contributed by atoms with Gasteiger partial charge in [0, 0.05) is 19.1 Å². The summed E-state index contributed by atoms with van der Waals surface area (Å²) in [5.74, 6) is 0.561. The predicted molar refractivity (Wildman–Crippen MR) is 97.6 cm³/mol. The van der Waals surface area contributed by atoms with Crippen LogP contribution in [-0.2, 0) is 11.2 Å². The summed E-state index contributed by atoms with van der Waals surface area (Å²) in [4.78, 5) is 16.4. The van der Waals surface area contributed by atoms with Gasteiger partial charge in [0.05, 0.1) is 6.04 Å². The van der Waals surface area contributed by atoms with Crippen LogP contribution >= 0.6 is 0 Å². The number of aromatic nitrogens is 2. The average Bonchev–Trinajstić information content (AvgIpc) is 3.35. The number of hydrogen-bond acceptors (Lipinski definition) is 6. The van der Waals surface area contributed by atoms with Gasteiger partial charge in [-0.15, -0.1) is 5.10 Å². The molecular weight excluding hydrogens is 330 g/mol. The van der Waals surface area contributed by atoms with E-state index in [1.54, 1.807) is 0 Å². The first-order valence-corrected chi connectivity index (χ1v) is 9.38. The fourth-order valence-electron chi connectivity index (χ4n) is 3.91. The fourth-order valence-corrected chi connectivity index (χ4v) is 3.91. The number of carbonyl (C=O) groups excluding carboxylic acids is 1. The van der Waals surface area contributed by atoms with Crippen LogP contribution in [0.1, 0.15) is 43.2 Å². The van der Waals surface area contributed by atoms with Gasteiger partial charge in [0.2, 0.25) is 11.8 Å². The Labute approximate surface area is 153 Å². The van der Waals surface area contributed by atoms with E-state index >= 15 is 0 Å². The number of piperazine rings is 1. The molecule has 138 valence electrons. The lowest BCUT2D eigenvalue weighted by Crippen LogP contribution is -2.53. The van der Waals surface area contributed by atoms with Crippen LogP contribution in [0.25, 0.3) is 0 Å². The van der Waals surface area contributed by atoms with Crippen molar-refractivity contribution in [3.05, 3.63) is 41.8 Å². The van der Waals surface area contributed by atoms with Gasteiger partial charge in [-0.3, -0.25) is 4.79 Å². The van der Waals surface area contributed by atoms with Gasteiger partial charge in [0.25, 0.3) is 0 Å². The zero-order valence-electron chi connectivity index (χ0n) is 14.9. The minimum absolute atomic E-state index is 0.150. The molecule has 1 aromatic carbocycles. The number of nitrogens with zero attached hydrogens (tertiary/aromatic N) is 4. The quantitative estimate of drug-likeness (QED) is 0.881. The minimum Gasteiger partial charge on any atom is -0.406 e. The van der Waals surface area contributed by atoms with E-state index in [1.807, 2.05) is 40.1 Å². The molecule has 0 bridgehead atoms. The van der Waals surface area contributed by atoms with Gasteiger partial charge in [-0.1, -0.05) is 48.3 Å². The first-order valence-electron chi connectivity index (χ1n) is 9.38. The van der Waals surface area contributed by atoms with Crippen molar-refractivity contribution in [3.8, 4) is 0 Å². The van der Waals surface area contributed by atoms with Crippen LogP contribution in [0.5, 0.6) is 0 Å². The summed E-state index contributed by atoms with van der Waals surface area (Å²) in [6.07, 6.45) is 5.35. The number of nitrogens with two attached hydrogens (primary N) is 1. The Bertz CT molecular complexity index is 741. The van der Waals surface area contributed by atoms with E-state index in [0.717, 1.165) is 31.5 Å². The van der Waals surface area contributed by atoms with Crippen LogP contribution in [0.4, 0.5) is 6.01 Å². The standard InChI is InChI=1S/C19H25N5O2/c20-16(12-14-6-2-1-3-7-14)18-21-22-19(26-18)23-10-11-24(17(25)13-23)15-8-4-5-9-15/h1-3,6-7,15-16H,4-5,8-13,20H2/t16-/m1/s1. The van der Waals surface area contributed by atoms with Crippen LogP contribution in [0.15, 0.2) is 34.7 Å². The number of anilines is 1. The Morgan fingerprint density at radius 3 is 2.65 bits per heavy atom. The highest BCUT2D eigenvalue weighted by Crippen LogP contribution is 2.26. The second-order valence-corrected chi connectivity index (χ2v) is 7.17. The van der Waals surface area contributed by atoms with E-state index in [4.69, 9.17) is 10.2 Å². The van der Waals surface area contributed by atoms with Crippen LogP contribution in [0.2, 0.25) is 0 Å². The topological polar surface area (TPSA) is 88.5 Å². The van der Waals surface area contributed by atoms with Crippen molar-refractivity contribution in [1.29, 1.82) is 0 Å². The molecule has 2 aliphatic rings. The van der Waals surface area contributed by atoms with Crippen molar-refractivity contribution in [1.82, 2.24) is 15.1 Å². The molecule has 2 aromatic rings. The van der Waals surface area contributed by atoms with Crippen LogP contribution in [0.3, 0.4) is 0 Å². The second kappa shape index (κ2) is 7.45. The van der Waals surface area contributed by atoms with Crippen molar-refractivity contribution >= 4 is 11.9 Å². The summed E-state index contributed by atoms with van der Waals surface area (Å²) in [5.41, 5.74) is 7.34. The lowest BCUT2D eigenvalue weighted by molar-refractivity contribution is -0.133. The minimum atomic E-state index is -0.353. The molecule has 1 aromatic heterocycles. The van der Waals surface area contributed by atoms with Gasteiger partial charge in [-0.05, 0) is 24.8 Å². The molecule has 0 unspecified atom stereocenters. The molecule has 1 aliphatic heterocycles. The smallest absolute Gasteiger partial charge is 0.318 e. The molecule has 26 heavy (non-hydrogen) atoms. The van der Waals surface area contributed by atoms with Crippen molar-refractivity contribution in [2.24, 2.45) is 5.73 Å². The third-order valence-electron chi connectivity index (χ3n) is 5.34. The lowest BCUT2D eigenvalue weighted by atomic mass is 10.1. The highest BCUT2D eigenvalue weighted by atomic mass is 16.4. The normalized spacial score (nSPS) is 20.0. The van der Waals surface area contributed by atoms with E-state index in [0.29, 0.717) is 30.9 Å². The Hall–Kier alpha value is -2.41. The molecule has 4 rings (SSSR count). The molecule has 2 N–H and O–H groups in total. The van der Waals surface area contributed by atoms with Gasteiger partial charge in [-0.2, -0.15) is 0 Å². The lowest BCUT2D eigenvalue weighted by Gasteiger charge is -2.37. The van der Waals surface area contributed by atoms with Crippen LogP contribution < -0.4 is 10.6 Å². The fraction of sp³-hybridized carbons (Fsp3) is 0.526. The van der Waals surface area contributed by atoms with E-state index in [1.165, 1.54) is 12.8 Å². The summed E-state index contributed by atoms with van der Waals surface area (Å²) in [5, 5.41) is 8.22. The summed E-state index contributed by atoms with van der Waals surface area (Å²) in [7, 11) is 0. The molecular formula is C19H25N5O2. The molecule has 7 nitrogen and oxygen atoms in total. The monoisotopic (exact) mass is 355 g/mol. The Kier molecular flexibility index (Phi) is 4.88. The SMILES string of the molecule is N[C@H](Cc1ccccc1)c1nnc(N2CCN(C3CCCC3)C(=O)C2)o1. The molecule has 7 heteroatoms. The van der Waals surface area contributed by atoms with Gasteiger partial charge in [0.1, 0.15) is 6.54 Å². The molecule has 2 heterocycles. The highest BCUT2D eigenvalue weighted by molar-refractivity contribution is 5.82. The zero-order valence-corrected chi connectivity index (χ0v) is 14.9. The molecule has 0 radical (unpaired) electrons. The summed E-state index contributed by atoms with van der Waals surface area (Å²) >= 11 is 0. The molecule has 1 aliphatic carbocycles. The maximum atomic E-state index is 12.5. The van der Waals surface area contributed by atoms with Crippen LogP contribution in [-0.4, -0.2) is 46.7 Å². The summed E-state index contributed by atoms with van der Waals surface area (Å²) < 4.78 is 5.77. The zero-order chi connectivity index (χ0) is 17.9. The molecule has 2 fully saturated rings. The number of carbonyl (C=O) groups is 1. The molecule has 0 spiro atoms. The summed E-state index contributed by atoms with van der Waals surface area (Å²) in [6.45, 7) is 1.74. The first-order chi connectivity index (χ1) is 12.7. The maximum absolute atomic E-state index is 12.5. The van der Waals surface area contributed by atoms with Gasteiger partial charge < -0.3 is 20.0 Å². The van der Waals surface area contributed by atoms with E-state index in [9.17, 15) is 4.79 Å². The largest absolute Gasteiger partial charge is 0.406 e. The second-order valence-electron chi connectivity index (χ2n) is 7.17. The number of rotatable bonds is 5. The van der Waals surface area contributed by atoms with Crippen molar-refractivity contribution in [3.63, 3.8) is 0 Å². The Balaban J connectivity index is 1.38. The number of amides is 1. The van der Waals surface area contributed by atoms with E-state index in [2.05, 4.69) is 10.2 Å². The Morgan fingerprint density at radius 1 is 1.15 bits per heavy atom. The predicted octanol–water partition coefficient (Wildman–Crippen LogP) is 1.90. The first kappa shape index (κ1) is 17.0. The van der Waals surface area contributed by atoms with E-state index in [-0.39, 0.29) is 11.9 Å². The van der Waals surface area contributed by atoms with Crippen molar-refractivity contribution in [2.75, 3.05) is 24.5 Å². The van der Waals surface area contributed by atoms with Gasteiger partial charge in [-0.25, -0.2) is 0 Å². The third kappa shape index (κ3) is 3.58. The molecule has 1 atom stereocenters. The summed E-state index contributed by atoms with van der Waals surface area (Å²) in [6, 6.07) is 10.4. The average molecular weight is 355 g/mol. The number of hydrogen-bond donors (Lipinski definition) is 1. The van der Waals surface area contributed by atoms with Crippen molar-refractivity contribution < 1.29 is 9.21 Å². The van der Waals surface area contributed by atoms with Gasteiger partial charge in [0.15, 0.2) is 0 Å². The van der Waals surface area contributed by atoms with E-state index < -0.39 is 0 Å². The Morgan fingerprint density at radius 2 is 1.92 bits per heavy atom. The van der Waals surface area contributed by atoms with Crippen LogP contribution in [0, 0.1) is 0 Å². The maximum Gasteiger partial charge on any atom is 0.318 e. The highest BCUT2D eigenvalue weighted by Gasteiger charge is 2.33. The molecule has 1 saturated heterocycles. The molecule has 1 saturated carbocycles.